The molecular formula is C49H29F2N3. The molecule has 0 spiro atoms. The minimum atomic E-state index is -0.679. The van der Waals surface area contributed by atoms with Crippen LogP contribution in [0.25, 0.3) is 88.4 Å². The molecule has 0 unspecified atom stereocenters. The Bertz CT molecular complexity index is 3070. The first-order valence-corrected chi connectivity index (χ1v) is 17.8. The van der Waals surface area contributed by atoms with Gasteiger partial charge in [-0.05, 0) is 95.1 Å². The van der Waals surface area contributed by atoms with Crippen molar-refractivity contribution in [2.45, 2.75) is 0 Å². The van der Waals surface area contributed by atoms with Gasteiger partial charge in [-0.3, -0.25) is 0 Å². The Morgan fingerprint density at radius 2 is 0.870 bits per heavy atom. The van der Waals surface area contributed by atoms with Crippen LogP contribution in [0.5, 0.6) is 0 Å². The molecule has 0 aliphatic rings. The zero-order chi connectivity index (χ0) is 36.3. The molecule has 0 saturated heterocycles. The number of nitriles is 1. The van der Waals surface area contributed by atoms with Crippen molar-refractivity contribution in [1.82, 2.24) is 9.13 Å². The fourth-order valence-corrected chi connectivity index (χ4v) is 8.10. The maximum absolute atomic E-state index is 14.6. The number of fused-ring (bicyclic) bond motifs is 6. The van der Waals surface area contributed by atoms with E-state index in [2.05, 4.69) is 137 Å². The molecule has 0 saturated carbocycles. The SMILES string of the molecule is N#Cc1ccc(-n2c3ccccc3c3cc(-c4cc(-c5ccccc5)ccc4-n4c5ccccc5c5ccccc54)ccc32)c(-c2cc(F)cc(F)c2)c1. The van der Waals surface area contributed by atoms with Crippen molar-refractivity contribution < 1.29 is 8.78 Å². The maximum Gasteiger partial charge on any atom is 0.126 e. The summed E-state index contributed by atoms with van der Waals surface area (Å²) in [5.74, 6) is -1.36. The minimum absolute atomic E-state index is 0.357. The number of benzene rings is 8. The molecule has 54 heavy (non-hydrogen) atoms. The number of nitrogens with zero attached hydrogens (tertiary/aromatic N) is 3. The molecule has 0 aliphatic heterocycles. The minimum Gasteiger partial charge on any atom is -0.309 e. The van der Waals surface area contributed by atoms with Crippen LogP contribution in [-0.4, -0.2) is 9.13 Å². The van der Waals surface area contributed by atoms with Crippen LogP contribution in [0.1, 0.15) is 5.56 Å². The molecule has 2 aromatic heterocycles. The predicted molar refractivity (Wildman–Crippen MR) is 216 cm³/mol. The number of aromatic nitrogens is 2. The summed E-state index contributed by atoms with van der Waals surface area (Å²) in [6.45, 7) is 0. The summed E-state index contributed by atoms with van der Waals surface area (Å²) in [4.78, 5) is 0. The second-order valence-electron chi connectivity index (χ2n) is 13.6. The van der Waals surface area contributed by atoms with E-state index in [0.717, 1.165) is 72.5 Å². The Kier molecular flexibility index (Phi) is 7.24. The third-order valence-electron chi connectivity index (χ3n) is 10.4. The van der Waals surface area contributed by atoms with Crippen molar-refractivity contribution in [2.75, 3.05) is 0 Å². The van der Waals surface area contributed by atoms with Crippen molar-refractivity contribution in [2.24, 2.45) is 0 Å². The van der Waals surface area contributed by atoms with E-state index >= 15 is 0 Å². The van der Waals surface area contributed by atoms with Crippen LogP contribution in [-0.2, 0) is 0 Å². The van der Waals surface area contributed by atoms with Gasteiger partial charge in [-0.15, -0.1) is 0 Å². The molecule has 5 heteroatoms. The summed E-state index contributed by atoms with van der Waals surface area (Å²) < 4.78 is 33.7. The lowest BCUT2D eigenvalue weighted by molar-refractivity contribution is 0.584. The molecule has 0 radical (unpaired) electrons. The number of hydrogen-bond acceptors (Lipinski definition) is 1. The molecule has 0 amide bonds. The largest absolute Gasteiger partial charge is 0.309 e. The van der Waals surface area contributed by atoms with E-state index in [1.54, 1.807) is 12.1 Å². The van der Waals surface area contributed by atoms with Crippen LogP contribution in [0.2, 0.25) is 0 Å². The lowest BCUT2D eigenvalue weighted by atomic mass is 9.96. The highest BCUT2D eigenvalue weighted by molar-refractivity contribution is 6.12. The summed E-state index contributed by atoms with van der Waals surface area (Å²) in [5, 5.41) is 14.3. The number of halogens is 2. The van der Waals surface area contributed by atoms with Crippen LogP contribution in [0.4, 0.5) is 8.78 Å². The monoisotopic (exact) mass is 697 g/mol. The van der Waals surface area contributed by atoms with Crippen LogP contribution in [0, 0.1) is 23.0 Å². The number of para-hydroxylation sites is 3. The van der Waals surface area contributed by atoms with E-state index in [1.165, 1.54) is 22.9 Å². The van der Waals surface area contributed by atoms with Crippen molar-refractivity contribution >= 4 is 43.6 Å². The molecule has 2 heterocycles. The van der Waals surface area contributed by atoms with E-state index in [-0.39, 0.29) is 0 Å². The average molecular weight is 698 g/mol. The molecule has 0 aliphatic carbocycles. The van der Waals surface area contributed by atoms with Crippen molar-refractivity contribution in [3.63, 3.8) is 0 Å². The average Bonchev–Trinajstić information content (AvgIpc) is 3.73. The van der Waals surface area contributed by atoms with Gasteiger partial charge in [0.05, 0.1) is 45.1 Å². The van der Waals surface area contributed by atoms with Crippen LogP contribution >= 0.6 is 0 Å². The van der Waals surface area contributed by atoms with Gasteiger partial charge < -0.3 is 9.13 Å². The van der Waals surface area contributed by atoms with Gasteiger partial charge in [0.25, 0.3) is 0 Å². The number of rotatable bonds is 5. The van der Waals surface area contributed by atoms with E-state index < -0.39 is 11.6 Å². The smallest absolute Gasteiger partial charge is 0.126 e. The van der Waals surface area contributed by atoms with Crippen LogP contribution in [0.3, 0.4) is 0 Å². The fraction of sp³-hybridized carbons (Fsp3) is 0. The highest BCUT2D eigenvalue weighted by Crippen LogP contribution is 2.42. The van der Waals surface area contributed by atoms with E-state index in [1.807, 2.05) is 24.3 Å². The molecule has 0 fully saturated rings. The zero-order valence-electron chi connectivity index (χ0n) is 28.8. The normalized spacial score (nSPS) is 11.5. The second-order valence-corrected chi connectivity index (χ2v) is 13.6. The van der Waals surface area contributed by atoms with Crippen molar-refractivity contribution in [1.29, 1.82) is 5.26 Å². The maximum atomic E-state index is 14.6. The van der Waals surface area contributed by atoms with Crippen molar-refractivity contribution in [3.05, 3.63) is 193 Å². The van der Waals surface area contributed by atoms with Gasteiger partial charge >= 0.3 is 0 Å². The Hall–Kier alpha value is -7.29. The van der Waals surface area contributed by atoms with Gasteiger partial charge in [0.1, 0.15) is 11.6 Å². The van der Waals surface area contributed by atoms with Gasteiger partial charge in [-0.2, -0.15) is 5.26 Å². The van der Waals surface area contributed by atoms with E-state index in [0.29, 0.717) is 16.7 Å². The molecule has 10 aromatic rings. The third-order valence-corrected chi connectivity index (χ3v) is 10.4. The van der Waals surface area contributed by atoms with Gasteiger partial charge in [-0.1, -0.05) is 97.1 Å². The van der Waals surface area contributed by atoms with Gasteiger partial charge in [0.2, 0.25) is 0 Å². The van der Waals surface area contributed by atoms with Crippen LogP contribution < -0.4 is 0 Å². The number of hydrogen-bond donors (Lipinski definition) is 0. The molecule has 254 valence electrons. The Morgan fingerprint density at radius 1 is 0.370 bits per heavy atom. The van der Waals surface area contributed by atoms with Gasteiger partial charge in [-0.25, -0.2) is 8.78 Å². The Morgan fingerprint density at radius 3 is 1.48 bits per heavy atom. The third kappa shape index (κ3) is 5.00. The first-order valence-electron chi connectivity index (χ1n) is 17.8. The molecule has 10 rings (SSSR count). The molecular weight excluding hydrogens is 669 g/mol. The molecule has 0 atom stereocenters. The zero-order valence-corrected chi connectivity index (χ0v) is 28.8. The van der Waals surface area contributed by atoms with Gasteiger partial charge in [0, 0.05) is 38.7 Å². The van der Waals surface area contributed by atoms with E-state index in [4.69, 9.17) is 0 Å². The molecule has 0 bridgehead atoms. The molecule has 3 nitrogen and oxygen atoms in total. The standard InChI is InChI=1S/C49H29F2N3/c50-36-25-35(26-37(51)29-36)41-24-31(30-52)18-21-47(41)54-46-17-9-6-14-40(46)43-28-34(20-23-49(43)54)42-27-33(32-10-2-1-3-11-32)19-22-48(42)53-44-15-7-4-12-38(44)39-13-5-8-16-45(39)53/h1-29H. The second kappa shape index (κ2) is 12.4. The Balaban J connectivity index is 1.25. The summed E-state index contributed by atoms with van der Waals surface area (Å²) >= 11 is 0. The topological polar surface area (TPSA) is 33.6 Å². The van der Waals surface area contributed by atoms with Gasteiger partial charge in [0.15, 0.2) is 0 Å². The van der Waals surface area contributed by atoms with E-state index in [9.17, 15) is 14.0 Å². The lowest BCUT2D eigenvalue weighted by Gasteiger charge is -2.17. The molecule has 8 aromatic carbocycles. The summed E-state index contributed by atoms with van der Waals surface area (Å²) in [7, 11) is 0. The highest BCUT2D eigenvalue weighted by Gasteiger charge is 2.20. The highest BCUT2D eigenvalue weighted by atomic mass is 19.1. The first kappa shape index (κ1) is 31.4. The molecule has 0 N–H and O–H groups in total. The van der Waals surface area contributed by atoms with Crippen molar-refractivity contribution in [3.8, 4) is 50.8 Å². The quantitative estimate of drug-likeness (QED) is 0.176. The lowest BCUT2D eigenvalue weighted by Crippen LogP contribution is -1.99. The summed E-state index contributed by atoms with van der Waals surface area (Å²) in [6, 6.07) is 59.9. The fourth-order valence-electron chi connectivity index (χ4n) is 8.10. The Labute approximate surface area is 309 Å². The predicted octanol–water partition coefficient (Wildman–Crippen LogP) is 13.0. The van der Waals surface area contributed by atoms with Crippen LogP contribution in [0.15, 0.2) is 176 Å². The summed E-state index contributed by atoms with van der Waals surface area (Å²) in [6.07, 6.45) is 0. The first-order chi connectivity index (χ1) is 26.6. The summed E-state index contributed by atoms with van der Waals surface area (Å²) in [5.41, 5.74) is 11.6.